The van der Waals surface area contributed by atoms with Gasteiger partial charge in [0.2, 0.25) is 0 Å². The molecule has 1 aliphatic heterocycles. The molecule has 0 radical (unpaired) electrons. The van der Waals surface area contributed by atoms with E-state index in [9.17, 15) is 35.9 Å². The average Bonchev–Trinajstić information content (AvgIpc) is 3.06. The van der Waals surface area contributed by atoms with Crippen LogP contribution >= 0.6 is 11.6 Å². The first-order valence-electron chi connectivity index (χ1n) is 9.63. The zero-order chi connectivity index (χ0) is 24.3. The van der Waals surface area contributed by atoms with Crippen molar-refractivity contribution in [2.45, 2.75) is 43.6 Å². The fraction of sp³-hybridized carbons (Fsp3) is 0.421. The third-order valence-electron chi connectivity index (χ3n) is 5.56. The van der Waals surface area contributed by atoms with Gasteiger partial charge in [-0.3, -0.25) is 9.48 Å². The van der Waals surface area contributed by atoms with Gasteiger partial charge in [0.1, 0.15) is 11.5 Å². The predicted molar refractivity (Wildman–Crippen MR) is 103 cm³/mol. The molecule has 14 heteroatoms. The van der Waals surface area contributed by atoms with Crippen molar-refractivity contribution in [3.8, 4) is 11.3 Å². The second kappa shape index (κ2) is 7.82. The molecule has 1 aromatic carbocycles. The Morgan fingerprint density at radius 1 is 1.24 bits per heavy atom. The van der Waals surface area contributed by atoms with Gasteiger partial charge in [0.05, 0.1) is 29.4 Å². The summed E-state index contributed by atoms with van der Waals surface area (Å²) >= 11 is 5.76. The van der Waals surface area contributed by atoms with Crippen LogP contribution < -0.4 is 11.1 Å². The van der Waals surface area contributed by atoms with Crippen LogP contribution in [0.5, 0.6) is 0 Å². The minimum Gasteiger partial charge on any atom is -0.365 e. The van der Waals surface area contributed by atoms with Crippen molar-refractivity contribution in [2.24, 2.45) is 5.73 Å². The molecule has 0 bridgehead atoms. The summed E-state index contributed by atoms with van der Waals surface area (Å²) in [6.07, 6.45) is -6.11. The molecule has 1 fully saturated rings. The SMILES string of the molecule is NC(=O)c1c(-c2ccc(F)c(Cl)c2)nn2c1CN(C(=O)NC1CC(F)(F)C1)CC2C(F)(F)F. The number of urea groups is 1. The van der Waals surface area contributed by atoms with Gasteiger partial charge in [-0.25, -0.2) is 18.0 Å². The van der Waals surface area contributed by atoms with Gasteiger partial charge in [0.25, 0.3) is 11.8 Å². The molecule has 2 aliphatic rings. The number of carbonyl (C=O) groups excluding carboxylic acids is 2. The van der Waals surface area contributed by atoms with Crippen LogP contribution in [0, 0.1) is 5.82 Å². The second-order valence-electron chi connectivity index (χ2n) is 7.96. The largest absolute Gasteiger partial charge is 0.412 e. The first-order chi connectivity index (χ1) is 15.3. The number of aromatic nitrogens is 2. The van der Waals surface area contributed by atoms with Gasteiger partial charge in [-0.2, -0.15) is 18.3 Å². The normalized spacial score (nSPS) is 20.2. The van der Waals surface area contributed by atoms with E-state index in [1.807, 2.05) is 0 Å². The number of nitrogens with two attached hydrogens (primary N) is 1. The molecule has 1 aliphatic carbocycles. The monoisotopic (exact) mass is 495 g/mol. The molecule has 33 heavy (non-hydrogen) atoms. The van der Waals surface area contributed by atoms with E-state index in [0.29, 0.717) is 4.68 Å². The fourth-order valence-corrected chi connectivity index (χ4v) is 4.12. The van der Waals surface area contributed by atoms with Crippen molar-refractivity contribution >= 4 is 23.5 Å². The number of fused-ring (bicyclic) bond motifs is 1. The van der Waals surface area contributed by atoms with Crippen LogP contribution in [-0.2, 0) is 6.54 Å². The molecule has 0 spiro atoms. The van der Waals surface area contributed by atoms with Crippen LogP contribution in [-0.4, -0.2) is 51.3 Å². The minimum absolute atomic E-state index is 0.0470. The first kappa shape index (κ1) is 23.2. The summed E-state index contributed by atoms with van der Waals surface area (Å²) in [5, 5.41) is 5.85. The maximum Gasteiger partial charge on any atom is 0.412 e. The van der Waals surface area contributed by atoms with Crippen molar-refractivity contribution in [2.75, 3.05) is 6.54 Å². The van der Waals surface area contributed by atoms with E-state index in [0.717, 1.165) is 17.0 Å². The molecular weight excluding hydrogens is 480 g/mol. The molecule has 4 rings (SSSR count). The summed E-state index contributed by atoms with van der Waals surface area (Å²) in [6.45, 7) is -1.35. The van der Waals surface area contributed by atoms with Crippen molar-refractivity contribution in [3.05, 3.63) is 40.3 Å². The topological polar surface area (TPSA) is 93.2 Å². The van der Waals surface area contributed by atoms with Gasteiger partial charge >= 0.3 is 12.2 Å². The van der Waals surface area contributed by atoms with Crippen molar-refractivity contribution in [3.63, 3.8) is 0 Å². The first-order valence-corrected chi connectivity index (χ1v) is 10.0. The molecule has 2 aromatic rings. The van der Waals surface area contributed by atoms with E-state index < -0.39 is 67.9 Å². The Kier molecular flexibility index (Phi) is 5.50. The number of primary amides is 1. The fourth-order valence-electron chi connectivity index (χ4n) is 3.94. The molecule has 1 atom stereocenters. The Morgan fingerprint density at radius 3 is 2.45 bits per heavy atom. The minimum atomic E-state index is -4.88. The number of carbonyl (C=O) groups is 2. The lowest BCUT2D eigenvalue weighted by atomic mass is 9.88. The summed E-state index contributed by atoms with van der Waals surface area (Å²) in [4.78, 5) is 25.5. The molecule has 3 N–H and O–H groups in total. The molecular formula is C19H16ClF6N5O2. The summed E-state index contributed by atoms with van der Waals surface area (Å²) in [5.41, 5.74) is 4.53. The molecule has 1 saturated carbocycles. The third-order valence-corrected chi connectivity index (χ3v) is 5.85. The maximum absolute atomic E-state index is 13.9. The van der Waals surface area contributed by atoms with Crippen LogP contribution in [0.4, 0.5) is 31.1 Å². The van der Waals surface area contributed by atoms with Crippen LogP contribution in [0.25, 0.3) is 11.3 Å². The van der Waals surface area contributed by atoms with Gasteiger partial charge in [-0.05, 0) is 18.2 Å². The number of benzene rings is 1. The molecule has 3 amide bonds. The second-order valence-corrected chi connectivity index (χ2v) is 8.36. The Bertz CT molecular complexity index is 1130. The number of halogens is 7. The van der Waals surface area contributed by atoms with E-state index in [2.05, 4.69) is 10.4 Å². The highest BCUT2D eigenvalue weighted by Gasteiger charge is 2.50. The van der Waals surface area contributed by atoms with Crippen molar-refractivity contribution in [1.29, 1.82) is 0 Å². The van der Waals surface area contributed by atoms with Crippen LogP contribution in [0.3, 0.4) is 0 Å². The van der Waals surface area contributed by atoms with Gasteiger partial charge in [0, 0.05) is 24.4 Å². The molecule has 1 aromatic heterocycles. The summed E-state index contributed by atoms with van der Waals surface area (Å²) in [5.74, 6) is -4.84. The number of nitrogens with zero attached hydrogens (tertiary/aromatic N) is 3. The highest BCUT2D eigenvalue weighted by atomic mass is 35.5. The Hall–Kier alpha value is -2.96. The molecule has 0 saturated heterocycles. The molecule has 7 nitrogen and oxygen atoms in total. The highest BCUT2D eigenvalue weighted by Crippen LogP contribution is 2.40. The predicted octanol–water partition coefficient (Wildman–Crippen LogP) is 3.87. The number of nitrogens with one attached hydrogen (secondary N) is 1. The number of hydrogen-bond acceptors (Lipinski definition) is 3. The van der Waals surface area contributed by atoms with E-state index in [1.165, 1.54) is 6.07 Å². The quantitative estimate of drug-likeness (QED) is 0.633. The third kappa shape index (κ3) is 4.33. The number of rotatable bonds is 3. The average molecular weight is 496 g/mol. The Balaban J connectivity index is 1.74. The summed E-state index contributed by atoms with van der Waals surface area (Å²) in [7, 11) is 0. The molecule has 2 heterocycles. The lowest BCUT2D eigenvalue weighted by molar-refractivity contribution is -0.177. The van der Waals surface area contributed by atoms with E-state index in [4.69, 9.17) is 17.3 Å². The van der Waals surface area contributed by atoms with E-state index in [-0.39, 0.29) is 27.5 Å². The van der Waals surface area contributed by atoms with E-state index >= 15 is 0 Å². The Labute approximate surface area is 187 Å². The molecule has 178 valence electrons. The number of alkyl halides is 5. The zero-order valence-electron chi connectivity index (χ0n) is 16.6. The number of amides is 3. The Morgan fingerprint density at radius 2 is 1.91 bits per heavy atom. The standard InChI is InChI=1S/C19H16ClF6N5O2/c20-10-3-8(1-2-11(10)21)15-14(16(27)32)12-6-30(7-13(19(24,25)26)31(12)29-15)17(33)28-9-4-18(22,23)5-9/h1-3,9,13H,4-7H2,(H2,27,32)(H,28,33). The van der Waals surface area contributed by atoms with Gasteiger partial charge in [0.15, 0.2) is 6.04 Å². The van der Waals surface area contributed by atoms with Gasteiger partial charge < -0.3 is 16.0 Å². The highest BCUT2D eigenvalue weighted by molar-refractivity contribution is 6.31. The summed E-state index contributed by atoms with van der Waals surface area (Å²) < 4.78 is 81.8. The summed E-state index contributed by atoms with van der Waals surface area (Å²) in [6, 6.07) is -0.989. The smallest absolute Gasteiger partial charge is 0.365 e. The lowest BCUT2D eigenvalue weighted by Gasteiger charge is -2.39. The number of hydrogen-bond donors (Lipinski definition) is 2. The zero-order valence-corrected chi connectivity index (χ0v) is 17.4. The van der Waals surface area contributed by atoms with Crippen molar-refractivity contribution in [1.82, 2.24) is 20.0 Å². The molecule has 1 unspecified atom stereocenters. The van der Waals surface area contributed by atoms with Crippen LogP contribution in [0.1, 0.15) is 34.9 Å². The van der Waals surface area contributed by atoms with Crippen molar-refractivity contribution < 1.29 is 35.9 Å². The maximum atomic E-state index is 13.9. The lowest BCUT2D eigenvalue weighted by Crippen LogP contribution is -2.56. The van der Waals surface area contributed by atoms with Crippen LogP contribution in [0.2, 0.25) is 5.02 Å². The van der Waals surface area contributed by atoms with E-state index in [1.54, 1.807) is 0 Å². The van der Waals surface area contributed by atoms with Gasteiger partial charge in [-0.1, -0.05) is 11.6 Å². The van der Waals surface area contributed by atoms with Gasteiger partial charge in [-0.15, -0.1) is 0 Å². The van der Waals surface area contributed by atoms with Crippen LogP contribution in [0.15, 0.2) is 18.2 Å².